The van der Waals surface area contributed by atoms with Crippen LogP contribution >= 0.6 is 15.9 Å². The largest absolute Gasteiger partial charge is 0.496 e. The first kappa shape index (κ1) is 19.4. The van der Waals surface area contributed by atoms with Gasteiger partial charge in [-0.3, -0.25) is 9.59 Å². The van der Waals surface area contributed by atoms with Crippen LogP contribution in [0.25, 0.3) is 0 Å². The molecule has 1 saturated heterocycles. The molecule has 0 spiro atoms. The molecule has 0 bridgehead atoms. The Kier molecular flexibility index (Phi) is 5.79. The lowest BCUT2D eigenvalue weighted by atomic mass is 10.0. The summed E-state index contributed by atoms with van der Waals surface area (Å²) in [6.45, 7) is 1.53. The standard InChI is InChI=1S/C20H19BrFNO4/c1-12(24)27-14-10-18(15-5-3-4-6-17(15)22)23(11-14)20(25)13-7-8-16(21)19(9-13)26-2/h3-9,14,18H,10-11H2,1-2H3. The van der Waals surface area contributed by atoms with Crippen LogP contribution in [0.2, 0.25) is 0 Å². The fraction of sp³-hybridized carbons (Fsp3) is 0.300. The third kappa shape index (κ3) is 4.13. The van der Waals surface area contributed by atoms with Crippen molar-refractivity contribution in [3.8, 4) is 5.75 Å². The van der Waals surface area contributed by atoms with Gasteiger partial charge in [0.25, 0.3) is 5.91 Å². The summed E-state index contributed by atoms with van der Waals surface area (Å²) >= 11 is 3.36. The van der Waals surface area contributed by atoms with E-state index in [1.165, 1.54) is 20.1 Å². The highest BCUT2D eigenvalue weighted by atomic mass is 79.9. The zero-order valence-electron chi connectivity index (χ0n) is 14.9. The molecule has 5 nitrogen and oxygen atoms in total. The number of esters is 1. The van der Waals surface area contributed by atoms with Gasteiger partial charge in [-0.1, -0.05) is 18.2 Å². The van der Waals surface area contributed by atoms with E-state index in [9.17, 15) is 14.0 Å². The number of methoxy groups -OCH3 is 1. The second kappa shape index (κ2) is 8.08. The number of likely N-dealkylation sites (tertiary alicyclic amines) is 1. The van der Waals surface area contributed by atoms with Crippen molar-refractivity contribution < 1.29 is 23.5 Å². The number of benzene rings is 2. The van der Waals surface area contributed by atoms with Crippen LogP contribution in [-0.4, -0.2) is 36.5 Å². The number of carbonyl (C=O) groups excluding carboxylic acids is 2. The SMILES string of the molecule is COc1cc(C(=O)N2CC(OC(C)=O)CC2c2ccccc2F)ccc1Br. The maximum absolute atomic E-state index is 14.4. The zero-order chi connectivity index (χ0) is 19.6. The predicted molar refractivity (Wildman–Crippen MR) is 101 cm³/mol. The Morgan fingerprint density at radius 2 is 1.96 bits per heavy atom. The van der Waals surface area contributed by atoms with Gasteiger partial charge in [0, 0.05) is 24.5 Å². The van der Waals surface area contributed by atoms with Crippen molar-refractivity contribution in [2.24, 2.45) is 0 Å². The monoisotopic (exact) mass is 435 g/mol. The Morgan fingerprint density at radius 3 is 2.63 bits per heavy atom. The van der Waals surface area contributed by atoms with Gasteiger partial charge in [-0.05, 0) is 40.2 Å². The average molecular weight is 436 g/mol. The molecular formula is C20H19BrFNO4. The van der Waals surface area contributed by atoms with Gasteiger partial charge in [0.2, 0.25) is 0 Å². The average Bonchev–Trinajstić information content (AvgIpc) is 3.04. The molecule has 1 amide bonds. The topological polar surface area (TPSA) is 55.8 Å². The van der Waals surface area contributed by atoms with Gasteiger partial charge >= 0.3 is 5.97 Å². The number of hydrogen-bond donors (Lipinski definition) is 0. The first-order chi connectivity index (χ1) is 12.9. The molecule has 3 rings (SSSR count). The van der Waals surface area contributed by atoms with Crippen LogP contribution in [0, 0.1) is 5.82 Å². The Labute approximate surface area is 165 Å². The van der Waals surface area contributed by atoms with E-state index in [0.717, 1.165) is 4.47 Å². The Hall–Kier alpha value is -2.41. The normalized spacial score (nSPS) is 19.0. The fourth-order valence-electron chi connectivity index (χ4n) is 3.34. The van der Waals surface area contributed by atoms with Crippen molar-refractivity contribution in [1.82, 2.24) is 4.90 Å². The van der Waals surface area contributed by atoms with Gasteiger partial charge in [0.1, 0.15) is 17.7 Å². The highest BCUT2D eigenvalue weighted by Crippen LogP contribution is 2.36. The molecule has 2 unspecified atom stereocenters. The van der Waals surface area contributed by atoms with Gasteiger partial charge in [0.05, 0.1) is 24.2 Å². The molecule has 0 aromatic heterocycles. The fourth-order valence-corrected chi connectivity index (χ4v) is 3.75. The van der Waals surface area contributed by atoms with E-state index in [1.54, 1.807) is 41.3 Å². The van der Waals surface area contributed by atoms with Crippen molar-refractivity contribution in [2.75, 3.05) is 13.7 Å². The second-order valence-electron chi connectivity index (χ2n) is 6.31. The lowest BCUT2D eigenvalue weighted by Gasteiger charge is -2.25. The highest BCUT2D eigenvalue weighted by Gasteiger charge is 2.39. The molecule has 2 atom stereocenters. The number of nitrogens with zero attached hydrogens (tertiary/aromatic N) is 1. The lowest BCUT2D eigenvalue weighted by molar-refractivity contribution is -0.145. The molecule has 2 aromatic carbocycles. The Balaban J connectivity index is 1.95. The van der Waals surface area contributed by atoms with Crippen molar-refractivity contribution >= 4 is 27.8 Å². The minimum atomic E-state index is -0.516. The maximum atomic E-state index is 14.4. The summed E-state index contributed by atoms with van der Waals surface area (Å²) in [6.07, 6.45) is -0.131. The van der Waals surface area contributed by atoms with Crippen LogP contribution in [0.4, 0.5) is 4.39 Å². The third-order valence-electron chi connectivity index (χ3n) is 4.52. The molecule has 2 aromatic rings. The van der Waals surface area contributed by atoms with Gasteiger partial charge < -0.3 is 14.4 Å². The molecule has 1 heterocycles. The number of ether oxygens (including phenoxy) is 2. The minimum Gasteiger partial charge on any atom is -0.496 e. The summed E-state index contributed by atoms with van der Waals surface area (Å²) in [7, 11) is 1.52. The summed E-state index contributed by atoms with van der Waals surface area (Å²) in [6, 6.07) is 10.8. The van der Waals surface area contributed by atoms with E-state index >= 15 is 0 Å². The van der Waals surface area contributed by atoms with Crippen LogP contribution in [0.15, 0.2) is 46.9 Å². The number of halogens is 2. The molecule has 1 fully saturated rings. The van der Waals surface area contributed by atoms with Crippen molar-refractivity contribution in [2.45, 2.75) is 25.5 Å². The van der Waals surface area contributed by atoms with Crippen LogP contribution in [0.5, 0.6) is 5.75 Å². The van der Waals surface area contributed by atoms with Gasteiger partial charge in [-0.15, -0.1) is 0 Å². The number of hydrogen-bond acceptors (Lipinski definition) is 4. The molecule has 27 heavy (non-hydrogen) atoms. The smallest absolute Gasteiger partial charge is 0.302 e. The van der Waals surface area contributed by atoms with Crippen LogP contribution in [0.3, 0.4) is 0 Å². The molecule has 1 aliphatic heterocycles. The zero-order valence-corrected chi connectivity index (χ0v) is 16.5. The Morgan fingerprint density at radius 1 is 1.22 bits per heavy atom. The summed E-state index contributed by atoms with van der Waals surface area (Å²) in [4.78, 5) is 26.1. The molecule has 0 N–H and O–H groups in total. The summed E-state index contributed by atoms with van der Waals surface area (Å²) in [5.41, 5.74) is 0.824. The maximum Gasteiger partial charge on any atom is 0.302 e. The van der Waals surface area contributed by atoms with E-state index in [1.807, 2.05) is 0 Å². The summed E-state index contributed by atoms with van der Waals surface area (Å²) in [5.74, 6) is -0.563. The van der Waals surface area contributed by atoms with Crippen molar-refractivity contribution in [3.05, 3.63) is 63.9 Å². The van der Waals surface area contributed by atoms with E-state index in [0.29, 0.717) is 23.3 Å². The van der Waals surface area contributed by atoms with Gasteiger partial charge in [-0.25, -0.2) is 4.39 Å². The molecular weight excluding hydrogens is 417 g/mol. The quantitative estimate of drug-likeness (QED) is 0.677. The van der Waals surface area contributed by atoms with Crippen molar-refractivity contribution in [1.29, 1.82) is 0 Å². The number of amides is 1. The summed E-state index contributed by atoms with van der Waals surface area (Å²) in [5, 5.41) is 0. The molecule has 7 heteroatoms. The molecule has 1 aliphatic rings. The number of rotatable bonds is 4. The summed E-state index contributed by atoms with van der Waals surface area (Å²) < 4.78 is 25.6. The van der Waals surface area contributed by atoms with Crippen LogP contribution in [-0.2, 0) is 9.53 Å². The molecule has 142 valence electrons. The van der Waals surface area contributed by atoms with Crippen LogP contribution in [0.1, 0.15) is 35.3 Å². The molecule has 0 saturated carbocycles. The second-order valence-corrected chi connectivity index (χ2v) is 7.17. The van der Waals surface area contributed by atoms with Crippen molar-refractivity contribution in [3.63, 3.8) is 0 Å². The van der Waals surface area contributed by atoms with E-state index < -0.39 is 23.9 Å². The first-order valence-corrected chi connectivity index (χ1v) is 9.26. The lowest BCUT2D eigenvalue weighted by Crippen LogP contribution is -2.32. The van der Waals surface area contributed by atoms with Gasteiger partial charge in [-0.2, -0.15) is 0 Å². The molecule has 0 aliphatic carbocycles. The van der Waals surface area contributed by atoms with Gasteiger partial charge in [0.15, 0.2) is 0 Å². The van der Waals surface area contributed by atoms with Crippen LogP contribution < -0.4 is 4.74 Å². The predicted octanol–water partition coefficient (Wildman–Crippen LogP) is 4.12. The molecule has 0 radical (unpaired) electrons. The van der Waals surface area contributed by atoms with E-state index in [2.05, 4.69) is 15.9 Å². The third-order valence-corrected chi connectivity index (χ3v) is 5.17. The highest BCUT2D eigenvalue weighted by molar-refractivity contribution is 9.10. The first-order valence-electron chi connectivity index (χ1n) is 8.47. The van der Waals surface area contributed by atoms with E-state index in [-0.39, 0.29) is 12.5 Å². The minimum absolute atomic E-state index is 0.204. The Bertz CT molecular complexity index is 873. The van der Waals surface area contributed by atoms with E-state index in [4.69, 9.17) is 9.47 Å². The number of carbonyl (C=O) groups is 2.